The summed E-state index contributed by atoms with van der Waals surface area (Å²) >= 11 is 0. The zero-order chi connectivity index (χ0) is 15.1. The number of aromatic amines is 1. The van der Waals surface area contributed by atoms with Crippen LogP contribution in [0.2, 0.25) is 0 Å². The van der Waals surface area contributed by atoms with Gasteiger partial charge in [-0.3, -0.25) is 9.59 Å². The lowest BCUT2D eigenvalue weighted by Gasteiger charge is -2.05. The third-order valence-corrected chi connectivity index (χ3v) is 3.43. The number of para-hydroxylation sites is 1. The number of H-pyrrole nitrogens is 1. The highest BCUT2D eigenvalue weighted by Gasteiger charge is 2.03. The highest BCUT2D eigenvalue weighted by molar-refractivity contribution is 5.78. The molecule has 2 rings (SSSR count). The number of aromatic nitrogens is 1. The number of carbonyl (C=O) groups is 1. The van der Waals surface area contributed by atoms with Gasteiger partial charge in [-0.1, -0.05) is 18.6 Å². The van der Waals surface area contributed by atoms with E-state index >= 15 is 0 Å². The Labute approximate surface area is 124 Å². The van der Waals surface area contributed by atoms with Gasteiger partial charge in [0.15, 0.2) is 5.43 Å². The summed E-state index contributed by atoms with van der Waals surface area (Å²) in [6.45, 7) is 2.26. The van der Waals surface area contributed by atoms with Crippen molar-refractivity contribution in [3.05, 3.63) is 46.2 Å². The average molecular weight is 287 g/mol. The van der Waals surface area contributed by atoms with Crippen LogP contribution in [0.5, 0.6) is 0 Å². The predicted octanol–water partition coefficient (Wildman–Crippen LogP) is 3.19. The normalized spacial score (nSPS) is 10.7. The third-order valence-electron chi connectivity index (χ3n) is 3.43. The van der Waals surface area contributed by atoms with E-state index in [9.17, 15) is 9.59 Å². The Kier molecular flexibility index (Phi) is 5.55. The number of carbonyl (C=O) groups excluding carboxylic acids is 1. The number of aryl methyl sites for hydroxylation is 1. The van der Waals surface area contributed by atoms with Crippen molar-refractivity contribution < 1.29 is 9.53 Å². The Morgan fingerprint density at radius 3 is 2.81 bits per heavy atom. The minimum atomic E-state index is -0.128. The van der Waals surface area contributed by atoms with E-state index in [-0.39, 0.29) is 11.4 Å². The maximum absolute atomic E-state index is 12.0. The number of pyridine rings is 1. The Morgan fingerprint density at radius 1 is 1.19 bits per heavy atom. The van der Waals surface area contributed by atoms with E-state index < -0.39 is 0 Å². The fourth-order valence-corrected chi connectivity index (χ4v) is 2.38. The molecule has 0 radical (unpaired) electrons. The lowest BCUT2D eigenvalue weighted by molar-refractivity contribution is -0.143. The van der Waals surface area contributed by atoms with Crippen LogP contribution in [0.4, 0.5) is 0 Å². The number of hydrogen-bond acceptors (Lipinski definition) is 3. The first-order valence-corrected chi connectivity index (χ1v) is 7.47. The molecule has 4 heteroatoms. The Bertz CT molecular complexity index is 660. The SMILES string of the molecule is CCOC(=O)CCCCCc1cc(=O)c2ccccc2[nH]1. The monoisotopic (exact) mass is 287 g/mol. The van der Waals surface area contributed by atoms with Crippen LogP contribution in [0.25, 0.3) is 10.9 Å². The van der Waals surface area contributed by atoms with Crippen LogP contribution in [0.15, 0.2) is 35.1 Å². The second-order valence-electron chi connectivity index (χ2n) is 5.07. The summed E-state index contributed by atoms with van der Waals surface area (Å²) in [5.74, 6) is -0.128. The van der Waals surface area contributed by atoms with Crippen molar-refractivity contribution in [1.82, 2.24) is 4.98 Å². The van der Waals surface area contributed by atoms with Gasteiger partial charge in [-0.2, -0.15) is 0 Å². The molecular weight excluding hydrogens is 266 g/mol. The Balaban J connectivity index is 1.84. The van der Waals surface area contributed by atoms with Gasteiger partial charge in [0.05, 0.1) is 6.61 Å². The van der Waals surface area contributed by atoms with Crippen LogP contribution >= 0.6 is 0 Å². The van der Waals surface area contributed by atoms with Crippen LogP contribution in [-0.4, -0.2) is 17.6 Å². The number of rotatable bonds is 7. The van der Waals surface area contributed by atoms with E-state index in [1.165, 1.54) is 0 Å². The van der Waals surface area contributed by atoms with Gasteiger partial charge in [0.25, 0.3) is 0 Å². The smallest absolute Gasteiger partial charge is 0.305 e. The Morgan fingerprint density at radius 2 is 2.00 bits per heavy atom. The molecule has 21 heavy (non-hydrogen) atoms. The van der Waals surface area contributed by atoms with Crippen molar-refractivity contribution >= 4 is 16.9 Å². The summed E-state index contributed by atoms with van der Waals surface area (Å²) < 4.78 is 4.88. The number of hydrogen-bond donors (Lipinski definition) is 1. The van der Waals surface area contributed by atoms with Crippen molar-refractivity contribution in [2.75, 3.05) is 6.61 Å². The largest absolute Gasteiger partial charge is 0.466 e. The van der Waals surface area contributed by atoms with Crippen molar-refractivity contribution in [1.29, 1.82) is 0 Å². The van der Waals surface area contributed by atoms with Crippen LogP contribution in [0, 0.1) is 0 Å². The van der Waals surface area contributed by atoms with Crippen molar-refractivity contribution in [2.24, 2.45) is 0 Å². The fourth-order valence-electron chi connectivity index (χ4n) is 2.38. The van der Waals surface area contributed by atoms with Gasteiger partial charge in [-0.05, 0) is 38.3 Å². The molecule has 0 bridgehead atoms. The summed E-state index contributed by atoms with van der Waals surface area (Å²) in [5, 5.41) is 0.726. The molecule has 0 saturated heterocycles. The molecule has 112 valence electrons. The van der Waals surface area contributed by atoms with E-state index in [2.05, 4.69) is 4.98 Å². The fraction of sp³-hybridized carbons (Fsp3) is 0.412. The van der Waals surface area contributed by atoms with E-state index in [0.717, 1.165) is 42.3 Å². The molecule has 0 saturated carbocycles. The molecule has 1 aromatic heterocycles. The predicted molar refractivity (Wildman–Crippen MR) is 83.4 cm³/mol. The lowest BCUT2D eigenvalue weighted by Crippen LogP contribution is -2.05. The zero-order valence-corrected chi connectivity index (χ0v) is 12.4. The van der Waals surface area contributed by atoms with Gasteiger partial charge < -0.3 is 9.72 Å². The molecule has 0 spiro atoms. The first-order valence-electron chi connectivity index (χ1n) is 7.47. The van der Waals surface area contributed by atoms with E-state index in [1.54, 1.807) is 6.07 Å². The summed E-state index contributed by atoms with van der Waals surface area (Å²) in [7, 11) is 0. The molecule has 0 amide bonds. The quantitative estimate of drug-likeness (QED) is 0.628. The molecule has 0 fully saturated rings. The molecule has 0 atom stereocenters. The number of benzene rings is 1. The summed E-state index contributed by atoms with van der Waals surface area (Å²) in [6.07, 6.45) is 4.03. The second-order valence-corrected chi connectivity index (χ2v) is 5.07. The highest BCUT2D eigenvalue weighted by atomic mass is 16.5. The molecule has 0 aliphatic heterocycles. The molecule has 0 aliphatic rings. The molecule has 2 aromatic rings. The molecular formula is C17H21NO3. The van der Waals surface area contributed by atoms with Crippen LogP contribution in [-0.2, 0) is 16.0 Å². The van der Waals surface area contributed by atoms with Crippen LogP contribution < -0.4 is 5.43 Å². The first kappa shape index (κ1) is 15.3. The number of fused-ring (bicyclic) bond motifs is 1. The maximum Gasteiger partial charge on any atom is 0.305 e. The summed E-state index contributed by atoms with van der Waals surface area (Å²) in [5.41, 5.74) is 1.90. The van der Waals surface area contributed by atoms with Gasteiger partial charge in [0, 0.05) is 29.1 Å². The second kappa shape index (κ2) is 7.62. The molecule has 0 aliphatic carbocycles. The standard InChI is InChI=1S/C17H21NO3/c1-2-21-17(20)11-5-3-4-8-13-12-16(19)14-9-6-7-10-15(14)18-13/h6-7,9-10,12H,2-5,8,11H2,1H3,(H,18,19). The zero-order valence-electron chi connectivity index (χ0n) is 12.4. The number of unbranched alkanes of at least 4 members (excludes halogenated alkanes) is 2. The minimum Gasteiger partial charge on any atom is -0.466 e. The average Bonchev–Trinajstić information content (AvgIpc) is 2.47. The van der Waals surface area contributed by atoms with E-state index in [0.29, 0.717) is 13.0 Å². The lowest BCUT2D eigenvalue weighted by atomic mass is 10.1. The topological polar surface area (TPSA) is 59.2 Å². The van der Waals surface area contributed by atoms with Crippen molar-refractivity contribution in [3.8, 4) is 0 Å². The Hall–Kier alpha value is -2.10. The number of nitrogens with one attached hydrogen (secondary N) is 1. The maximum atomic E-state index is 12.0. The van der Waals surface area contributed by atoms with E-state index in [1.807, 2.05) is 31.2 Å². The minimum absolute atomic E-state index is 0.0610. The van der Waals surface area contributed by atoms with Gasteiger partial charge in [0.2, 0.25) is 0 Å². The van der Waals surface area contributed by atoms with Crippen LogP contribution in [0.3, 0.4) is 0 Å². The van der Waals surface area contributed by atoms with Gasteiger partial charge in [0.1, 0.15) is 0 Å². The molecule has 1 heterocycles. The summed E-state index contributed by atoms with van der Waals surface area (Å²) in [6, 6.07) is 9.21. The van der Waals surface area contributed by atoms with Gasteiger partial charge >= 0.3 is 5.97 Å². The molecule has 1 aromatic carbocycles. The van der Waals surface area contributed by atoms with Gasteiger partial charge in [-0.15, -0.1) is 0 Å². The molecule has 4 nitrogen and oxygen atoms in total. The van der Waals surface area contributed by atoms with Crippen molar-refractivity contribution in [2.45, 2.75) is 39.0 Å². The third kappa shape index (κ3) is 4.45. The summed E-state index contributed by atoms with van der Waals surface area (Å²) in [4.78, 5) is 26.5. The molecule has 0 unspecified atom stereocenters. The number of ether oxygens (including phenoxy) is 1. The van der Waals surface area contributed by atoms with E-state index in [4.69, 9.17) is 4.74 Å². The van der Waals surface area contributed by atoms with Crippen molar-refractivity contribution in [3.63, 3.8) is 0 Å². The first-order chi connectivity index (χ1) is 10.2. The molecule has 1 N–H and O–H groups in total. The van der Waals surface area contributed by atoms with Gasteiger partial charge in [-0.25, -0.2) is 0 Å². The number of esters is 1. The highest BCUT2D eigenvalue weighted by Crippen LogP contribution is 2.10. The van der Waals surface area contributed by atoms with Crippen LogP contribution in [0.1, 0.15) is 38.3 Å².